The van der Waals surface area contributed by atoms with E-state index in [0.29, 0.717) is 31.6 Å². The highest BCUT2D eigenvalue weighted by molar-refractivity contribution is 5.90. The Balaban J connectivity index is 2.20. The second kappa shape index (κ2) is 8.08. The Bertz CT molecular complexity index is 451. The van der Waals surface area contributed by atoms with Crippen molar-refractivity contribution >= 4 is 11.9 Å². The van der Waals surface area contributed by atoms with Gasteiger partial charge in [-0.15, -0.1) is 0 Å². The Morgan fingerprint density at radius 3 is 2.42 bits per heavy atom. The van der Waals surface area contributed by atoms with Crippen molar-refractivity contribution < 1.29 is 19.1 Å². The zero-order valence-electron chi connectivity index (χ0n) is 11.1. The highest BCUT2D eigenvalue weighted by Crippen LogP contribution is 2.08. The van der Waals surface area contributed by atoms with Crippen molar-refractivity contribution in [2.75, 3.05) is 13.2 Å². The molecule has 0 radical (unpaired) electrons. The molecule has 0 spiro atoms. The van der Waals surface area contributed by atoms with Gasteiger partial charge in [0.15, 0.2) is 0 Å². The molecule has 0 fully saturated rings. The van der Waals surface area contributed by atoms with E-state index in [4.69, 9.17) is 9.47 Å². The SMILES string of the molecule is C=CC(=O)OCCCCOC(=O)c1ccccc1C. The number of unbranched alkanes of at least 4 members (excludes halogenated alkanes) is 1. The first-order chi connectivity index (χ1) is 9.15. The minimum atomic E-state index is -0.433. The zero-order chi connectivity index (χ0) is 14.1. The zero-order valence-corrected chi connectivity index (χ0v) is 11.1. The Morgan fingerprint density at radius 2 is 1.79 bits per heavy atom. The van der Waals surface area contributed by atoms with Crippen LogP contribution in [-0.4, -0.2) is 25.2 Å². The number of esters is 2. The number of hydrogen-bond acceptors (Lipinski definition) is 4. The third kappa shape index (κ3) is 5.38. The summed E-state index contributed by atoms with van der Waals surface area (Å²) in [6, 6.07) is 7.28. The van der Waals surface area contributed by atoms with E-state index >= 15 is 0 Å². The lowest BCUT2D eigenvalue weighted by atomic mass is 10.1. The number of carbonyl (C=O) groups is 2. The lowest BCUT2D eigenvalue weighted by Crippen LogP contribution is -2.09. The van der Waals surface area contributed by atoms with E-state index in [9.17, 15) is 9.59 Å². The summed E-state index contributed by atoms with van der Waals surface area (Å²) in [4.78, 5) is 22.5. The molecule has 0 unspecified atom stereocenters. The molecular formula is C15H18O4. The average Bonchev–Trinajstić information content (AvgIpc) is 2.42. The number of aryl methyl sites for hydroxylation is 1. The smallest absolute Gasteiger partial charge is 0.338 e. The van der Waals surface area contributed by atoms with Crippen LogP contribution < -0.4 is 0 Å². The van der Waals surface area contributed by atoms with Gasteiger partial charge in [-0.2, -0.15) is 0 Å². The van der Waals surface area contributed by atoms with E-state index in [1.165, 1.54) is 0 Å². The van der Waals surface area contributed by atoms with Gasteiger partial charge in [0.2, 0.25) is 0 Å². The number of rotatable bonds is 7. The van der Waals surface area contributed by atoms with Crippen LogP contribution in [0.5, 0.6) is 0 Å². The van der Waals surface area contributed by atoms with Crippen LogP contribution in [0.15, 0.2) is 36.9 Å². The van der Waals surface area contributed by atoms with Gasteiger partial charge >= 0.3 is 11.9 Å². The molecule has 0 aliphatic rings. The summed E-state index contributed by atoms with van der Waals surface area (Å²) in [5.74, 6) is -0.752. The number of benzene rings is 1. The second-order valence-corrected chi connectivity index (χ2v) is 4.03. The van der Waals surface area contributed by atoms with Crippen molar-refractivity contribution in [3.63, 3.8) is 0 Å². The summed E-state index contributed by atoms with van der Waals surface area (Å²) in [7, 11) is 0. The van der Waals surface area contributed by atoms with Gasteiger partial charge in [-0.1, -0.05) is 24.8 Å². The van der Waals surface area contributed by atoms with Crippen molar-refractivity contribution in [1.29, 1.82) is 0 Å². The average molecular weight is 262 g/mol. The van der Waals surface area contributed by atoms with Crippen LogP contribution in [0.2, 0.25) is 0 Å². The van der Waals surface area contributed by atoms with E-state index in [2.05, 4.69) is 6.58 Å². The highest BCUT2D eigenvalue weighted by Gasteiger charge is 2.08. The molecule has 0 saturated carbocycles. The van der Waals surface area contributed by atoms with Crippen molar-refractivity contribution in [3.05, 3.63) is 48.0 Å². The van der Waals surface area contributed by atoms with E-state index in [1.54, 1.807) is 12.1 Å². The quantitative estimate of drug-likeness (QED) is 0.430. The molecule has 0 aliphatic heterocycles. The summed E-state index contributed by atoms with van der Waals surface area (Å²) in [6.45, 7) is 5.79. The summed E-state index contributed by atoms with van der Waals surface area (Å²) >= 11 is 0. The largest absolute Gasteiger partial charge is 0.463 e. The molecular weight excluding hydrogens is 244 g/mol. The summed E-state index contributed by atoms with van der Waals surface area (Å²) in [5.41, 5.74) is 1.48. The molecule has 1 aromatic carbocycles. The monoisotopic (exact) mass is 262 g/mol. The summed E-state index contributed by atoms with van der Waals surface area (Å²) in [6.07, 6.45) is 2.43. The summed E-state index contributed by atoms with van der Waals surface area (Å²) < 4.78 is 9.95. The number of hydrogen-bond donors (Lipinski definition) is 0. The molecule has 1 rings (SSSR count). The van der Waals surface area contributed by atoms with Crippen LogP contribution in [0.4, 0.5) is 0 Å². The van der Waals surface area contributed by atoms with E-state index < -0.39 is 5.97 Å². The van der Waals surface area contributed by atoms with Gasteiger partial charge in [0.1, 0.15) is 0 Å². The van der Waals surface area contributed by atoms with Crippen molar-refractivity contribution in [3.8, 4) is 0 Å². The van der Waals surface area contributed by atoms with Gasteiger partial charge in [-0.05, 0) is 31.4 Å². The standard InChI is InChI=1S/C15H18O4/c1-3-14(16)18-10-6-7-11-19-15(17)13-9-5-4-8-12(13)2/h3-5,8-9H,1,6-7,10-11H2,2H3. The van der Waals surface area contributed by atoms with Gasteiger partial charge in [0, 0.05) is 6.08 Å². The predicted octanol–water partition coefficient (Wildman–Crippen LogP) is 2.66. The van der Waals surface area contributed by atoms with Gasteiger partial charge in [0.05, 0.1) is 18.8 Å². The third-order valence-corrected chi connectivity index (χ3v) is 2.55. The molecule has 0 saturated heterocycles. The first-order valence-electron chi connectivity index (χ1n) is 6.17. The Kier molecular flexibility index (Phi) is 6.36. The van der Waals surface area contributed by atoms with Crippen LogP contribution in [-0.2, 0) is 14.3 Å². The lowest BCUT2D eigenvalue weighted by molar-refractivity contribution is -0.137. The fraction of sp³-hybridized carbons (Fsp3) is 0.333. The molecule has 1 aromatic rings. The van der Waals surface area contributed by atoms with Crippen LogP contribution in [0.3, 0.4) is 0 Å². The Hall–Kier alpha value is -2.10. The molecule has 0 amide bonds. The Morgan fingerprint density at radius 1 is 1.16 bits per heavy atom. The van der Waals surface area contributed by atoms with Crippen LogP contribution in [0.1, 0.15) is 28.8 Å². The maximum atomic E-state index is 11.7. The molecule has 0 bridgehead atoms. The normalized spacial score (nSPS) is 9.74. The third-order valence-electron chi connectivity index (χ3n) is 2.55. The fourth-order valence-electron chi connectivity index (χ4n) is 1.48. The van der Waals surface area contributed by atoms with E-state index in [-0.39, 0.29) is 5.97 Å². The maximum Gasteiger partial charge on any atom is 0.338 e. The minimum absolute atomic E-state index is 0.312. The van der Waals surface area contributed by atoms with Crippen molar-refractivity contribution in [1.82, 2.24) is 0 Å². The maximum absolute atomic E-state index is 11.7. The fourth-order valence-corrected chi connectivity index (χ4v) is 1.48. The van der Waals surface area contributed by atoms with E-state index in [1.807, 2.05) is 19.1 Å². The highest BCUT2D eigenvalue weighted by atomic mass is 16.5. The number of ether oxygens (including phenoxy) is 2. The molecule has 19 heavy (non-hydrogen) atoms. The van der Waals surface area contributed by atoms with E-state index in [0.717, 1.165) is 11.6 Å². The van der Waals surface area contributed by atoms with Crippen LogP contribution in [0.25, 0.3) is 0 Å². The first-order valence-corrected chi connectivity index (χ1v) is 6.17. The minimum Gasteiger partial charge on any atom is -0.463 e. The molecule has 0 aliphatic carbocycles. The van der Waals surface area contributed by atoms with Crippen LogP contribution >= 0.6 is 0 Å². The molecule has 102 valence electrons. The summed E-state index contributed by atoms with van der Waals surface area (Å²) in [5, 5.41) is 0. The number of carbonyl (C=O) groups excluding carboxylic acids is 2. The van der Waals surface area contributed by atoms with Crippen molar-refractivity contribution in [2.24, 2.45) is 0 Å². The van der Waals surface area contributed by atoms with Gasteiger partial charge in [-0.25, -0.2) is 9.59 Å². The molecule has 4 heteroatoms. The Labute approximate surface area is 113 Å². The predicted molar refractivity (Wildman–Crippen MR) is 71.9 cm³/mol. The van der Waals surface area contributed by atoms with Crippen LogP contribution in [0, 0.1) is 6.92 Å². The lowest BCUT2D eigenvalue weighted by Gasteiger charge is -2.07. The molecule has 0 heterocycles. The second-order valence-electron chi connectivity index (χ2n) is 4.03. The van der Waals surface area contributed by atoms with Gasteiger partial charge < -0.3 is 9.47 Å². The molecule has 0 N–H and O–H groups in total. The van der Waals surface area contributed by atoms with Crippen molar-refractivity contribution in [2.45, 2.75) is 19.8 Å². The molecule has 0 atom stereocenters. The molecule has 0 aromatic heterocycles. The molecule has 4 nitrogen and oxygen atoms in total. The topological polar surface area (TPSA) is 52.6 Å². The van der Waals surface area contributed by atoms with Gasteiger partial charge in [-0.3, -0.25) is 0 Å². The first kappa shape index (κ1) is 15.0. The van der Waals surface area contributed by atoms with Gasteiger partial charge in [0.25, 0.3) is 0 Å².